The second kappa shape index (κ2) is 6.16. The summed E-state index contributed by atoms with van der Waals surface area (Å²) in [5, 5.41) is 5.15. The fraction of sp³-hybridized carbons (Fsp3) is 0.438. The second-order valence-electron chi connectivity index (χ2n) is 6.25. The van der Waals surface area contributed by atoms with E-state index in [2.05, 4.69) is 15.5 Å². The zero-order valence-corrected chi connectivity index (χ0v) is 13.5. The largest absolute Gasteiger partial charge is 0.489 e. The molecule has 1 atom stereocenters. The summed E-state index contributed by atoms with van der Waals surface area (Å²) in [7, 11) is 0. The van der Waals surface area contributed by atoms with Crippen LogP contribution in [-0.4, -0.2) is 30.3 Å². The Morgan fingerprint density at radius 2 is 2.17 bits per heavy atom. The Morgan fingerprint density at radius 3 is 2.78 bits per heavy atom. The van der Waals surface area contributed by atoms with Gasteiger partial charge in [-0.1, -0.05) is 0 Å². The summed E-state index contributed by atoms with van der Waals surface area (Å²) in [4.78, 5) is 27.4. The Morgan fingerprint density at radius 1 is 1.48 bits per heavy atom. The Hall–Kier alpha value is -2.75. The molecule has 1 aliphatic rings. The van der Waals surface area contributed by atoms with Crippen LogP contribution in [0.15, 0.2) is 12.1 Å². The van der Waals surface area contributed by atoms with Gasteiger partial charge >= 0.3 is 6.09 Å². The fourth-order valence-corrected chi connectivity index (χ4v) is 2.03. The Balaban J connectivity index is 2.14. The number of nitrogens with zero attached hydrogens (tertiary/aromatic N) is 1. The number of nitrogens with one attached hydrogen (secondary N) is 2. The van der Waals surface area contributed by atoms with Crippen LogP contribution in [-0.2, 0) is 9.53 Å². The number of aryl methyl sites for hydroxylation is 1. The molecule has 1 aliphatic heterocycles. The molecule has 0 aliphatic carbocycles. The van der Waals surface area contributed by atoms with Crippen LogP contribution >= 0.6 is 0 Å². The van der Waals surface area contributed by atoms with Crippen LogP contribution in [0.5, 0.6) is 5.75 Å². The van der Waals surface area contributed by atoms with Crippen LogP contribution < -0.4 is 15.4 Å². The molecule has 7 heteroatoms. The van der Waals surface area contributed by atoms with E-state index in [1.54, 1.807) is 39.8 Å². The molecule has 1 aromatic carbocycles. The number of hydrogen-bond acceptors (Lipinski definition) is 4. The van der Waals surface area contributed by atoms with E-state index in [1.807, 2.05) is 0 Å². The highest BCUT2D eigenvalue weighted by atomic mass is 16.6. The van der Waals surface area contributed by atoms with Crippen molar-refractivity contribution in [3.05, 3.63) is 29.1 Å². The monoisotopic (exact) mass is 317 g/mol. The first-order valence-electron chi connectivity index (χ1n) is 7.15. The van der Waals surface area contributed by atoms with Gasteiger partial charge in [-0.2, -0.15) is 0 Å². The van der Waals surface area contributed by atoms with Gasteiger partial charge in [-0.25, -0.2) is 9.64 Å². The van der Waals surface area contributed by atoms with Crippen molar-refractivity contribution in [3.63, 3.8) is 0 Å². The lowest BCUT2D eigenvalue weighted by Gasteiger charge is -2.22. The fourth-order valence-electron chi connectivity index (χ4n) is 2.03. The number of fused-ring (bicyclic) bond motifs is 1. The van der Waals surface area contributed by atoms with Gasteiger partial charge in [0.2, 0.25) is 0 Å². The van der Waals surface area contributed by atoms with Gasteiger partial charge in [0.1, 0.15) is 24.0 Å². The minimum atomic E-state index is -0.881. The quantitative estimate of drug-likeness (QED) is 0.780. The molecular weight excluding hydrogens is 298 g/mol. The molecule has 0 saturated heterocycles. The smallest absolute Gasteiger partial charge is 0.408 e. The standard InChI is InChI=1S/C16H19N3O4/c1-9-6-13-11(7-10(9)17-5)18-14(20)12(8-22-13)19-15(21)23-16(2,3)4/h6-7,12H,8H2,1-4H3,(H,18,20)(H,19,21)/t12-/m0/s1. The summed E-state index contributed by atoms with van der Waals surface area (Å²) in [5.41, 5.74) is 0.953. The van der Waals surface area contributed by atoms with Crippen LogP contribution in [0.4, 0.5) is 16.2 Å². The van der Waals surface area contributed by atoms with Crippen LogP contribution in [0.25, 0.3) is 4.85 Å². The number of ether oxygens (including phenoxy) is 2. The highest BCUT2D eigenvalue weighted by Gasteiger charge is 2.28. The van der Waals surface area contributed by atoms with E-state index in [1.165, 1.54) is 0 Å². The third-order valence-electron chi connectivity index (χ3n) is 3.09. The number of anilines is 1. The van der Waals surface area contributed by atoms with Gasteiger partial charge in [0, 0.05) is 0 Å². The van der Waals surface area contributed by atoms with Gasteiger partial charge < -0.3 is 20.1 Å². The predicted octanol–water partition coefficient (Wildman–Crippen LogP) is 2.77. The van der Waals surface area contributed by atoms with Crippen molar-refractivity contribution in [2.75, 3.05) is 11.9 Å². The molecule has 0 unspecified atom stereocenters. The first-order chi connectivity index (χ1) is 10.7. The molecular formula is C16H19N3O4. The number of amides is 2. The maximum Gasteiger partial charge on any atom is 0.408 e. The van der Waals surface area contributed by atoms with Gasteiger partial charge in [-0.05, 0) is 45.4 Å². The maximum atomic E-state index is 12.2. The molecule has 2 N–H and O–H groups in total. The molecule has 0 fully saturated rings. The summed E-state index contributed by atoms with van der Waals surface area (Å²) in [6.07, 6.45) is -0.690. The van der Waals surface area contributed by atoms with E-state index in [4.69, 9.17) is 16.0 Å². The highest BCUT2D eigenvalue weighted by Crippen LogP contribution is 2.34. The molecule has 1 heterocycles. The summed E-state index contributed by atoms with van der Waals surface area (Å²) in [5.74, 6) is 0.0473. The van der Waals surface area contributed by atoms with Gasteiger partial charge in [0.05, 0.1) is 12.3 Å². The summed E-state index contributed by atoms with van der Waals surface area (Å²) in [6, 6.07) is 2.37. The van der Waals surface area contributed by atoms with Gasteiger partial charge in [0.15, 0.2) is 5.69 Å². The number of carbonyl (C=O) groups is 2. The molecule has 0 aromatic heterocycles. The van der Waals surface area contributed by atoms with Gasteiger partial charge in [0.25, 0.3) is 5.91 Å². The number of rotatable bonds is 1. The molecule has 1 aromatic rings. The lowest BCUT2D eigenvalue weighted by molar-refractivity contribution is -0.118. The lowest BCUT2D eigenvalue weighted by Crippen LogP contribution is -2.48. The summed E-state index contributed by atoms with van der Waals surface area (Å²) < 4.78 is 10.7. The number of alkyl carbamates (subject to hydrolysis) is 1. The zero-order valence-electron chi connectivity index (χ0n) is 13.5. The average Bonchev–Trinajstić information content (AvgIpc) is 2.56. The number of benzene rings is 1. The molecule has 122 valence electrons. The minimum Gasteiger partial charge on any atom is -0.489 e. The maximum absolute atomic E-state index is 12.2. The van der Waals surface area contributed by atoms with Crippen LogP contribution in [0, 0.1) is 13.5 Å². The second-order valence-corrected chi connectivity index (χ2v) is 6.25. The molecule has 0 radical (unpaired) electrons. The molecule has 2 rings (SSSR count). The van der Waals surface area contributed by atoms with Gasteiger partial charge in [-0.3, -0.25) is 4.79 Å². The van der Waals surface area contributed by atoms with Crippen molar-refractivity contribution >= 4 is 23.4 Å². The normalized spacial score (nSPS) is 17.0. The molecule has 0 spiro atoms. The van der Waals surface area contributed by atoms with E-state index in [0.29, 0.717) is 17.1 Å². The molecule has 2 amide bonds. The Bertz CT molecular complexity index is 686. The van der Waals surface area contributed by atoms with Crippen molar-refractivity contribution in [3.8, 4) is 5.75 Å². The number of hydrogen-bond donors (Lipinski definition) is 2. The first kappa shape index (κ1) is 16.6. The first-order valence-corrected chi connectivity index (χ1v) is 7.15. The van der Waals surface area contributed by atoms with Crippen molar-refractivity contribution < 1.29 is 19.1 Å². The van der Waals surface area contributed by atoms with Crippen LogP contribution in [0.2, 0.25) is 0 Å². The average molecular weight is 317 g/mol. The van der Waals surface area contributed by atoms with Crippen molar-refractivity contribution in [1.82, 2.24) is 5.32 Å². The molecule has 0 bridgehead atoms. The Labute approximate surface area is 134 Å². The minimum absolute atomic E-state index is 0.0190. The zero-order chi connectivity index (χ0) is 17.2. The molecule has 0 saturated carbocycles. The van der Waals surface area contributed by atoms with E-state index in [0.717, 1.165) is 5.56 Å². The van der Waals surface area contributed by atoms with Crippen LogP contribution in [0.1, 0.15) is 26.3 Å². The predicted molar refractivity (Wildman–Crippen MR) is 84.7 cm³/mol. The topological polar surface area (TPSA) is 81.0 Å². The molecule has 23 heavy (non-hydrogen) atoms. The number of carbonyl (C=O) groups excluding carboxylic acids is 2. The van der Waals surface area contributed by atoms with Crippen molar-refractivity contribution in [2.24, 2.45) is 0 Å². The van der Waals surface area contributed by atoms with E-state index >= 15 is 0 Å². The van der Waals surface area contributed by atoms with Gasteiger partial charge in [-0.15, -0.1) is 0 Å². The molecule has 7 nitrogen and oxygen atoms in total. The third-order valence-corrected chi connectivity index (χ3v) is 3.09. The van der Waals surface area contributed by atoms with E-state index in [-0.39, 0.29) is 6.61 Å². The van der Waals surface area contributed by atoms with E-state index < -0.39 is 23.6 Å². The van der Waals surface area contributed by atoms with E-state index in [9.17, 15) is 9.59 Å². The highest BCUT2D eigenvalue weighted by molar-refractivity contribution is 5.99. The van der Waals surface area contributed by atoms with Crippen LogP contribution in [0.3, 0.4) is 0 Å². The summed E-state index contributed by atoms with van der Waals surface area (Å²) in [6.45, 7) is 14.1. The summed E-state index contributed by atoms with van der Waals surface area (Å²) >= 11 is 0. The Kier molecular flexibility index (Phi) is 4.45. The van der Waals surface area contributed by atoms with Crippen molar-refractivity contribution in [2.45, 2.75) is 39.3 Å². The lowest BCUT2D eigenvalue weighted by atomic mass is 10.1. The van der Waals surface area contributed by atoms with Crippen molar-refractivity contribution in [1.29, 1.82) is 0 Å². The SMILES string of the molecule is [C-]#[N+]c1cc2c(cc1C)OC[C@H](NC(=O)OC(C)(C)C)C(=O)N2. The third kappa shape index (κ3) is 4.13.